The Morgan fingerprint density at radius 1 is 1.05 bits per heavy atom. The molecule has 2 aromatic rings. The standard InChI is InChI=1S/C18H22N2O/c1-14(17-10-7-16(13-19)8-11-17)20-18(21)12-9-15-5-3-2-4-6-15/h2-8,10-11,14H,9,12-13,19H2,1H3,(H,20,21). The predicted octanol–water partition coefficient (Wildman–Crippen LogP) is 2.96. The summed E-state index contributed by atoms with van der Waals surface area (Å²) in [7, 11) is 0. The minimum absolute atomic E-state index is 0.0140. The molecule has 1 atom stereocenters. The second-order valence-electron chi connectivity index (χ2n) is 5.22. The molecule has 3 N–H and O–H groups in total. The van der Waals surface area contributed by atoms with Crippen molar-refractivity contribution in [3.63, 3.8) is 0 Å². The maximum atomic E-state index is 12.0. The van der Waals surface area contributed by atoms with Crippen LogP contribution in [0.4, 0.5) is 0 Å². The first-order valence-electron chi connectivity index (χ1n) is 7.31. The lowest BCUT2D eigenvalue weighted by Crippen LogP contribution is -2.26. The van der Waals surface area contributed by atoms with Crippen molar-refractivity contribution in [2.45, 2.75) is 32.4 Å². The number of nitrogens with two attached hydrogens (primary N) is 1. The van der Waals surface area contributed by atoms with E-state index in [-0.39, 0.29) is 11.9 Å². The van der Waals surface area contributed by atoms with Crippen molar-refractivity contribution >= 4 is 5.91 Å². The fourth-order valence-corrected chi connectivity index (χ4v) is 2.24. The van der Waals surface area contributed by atoms with Gasteiger partial charge in [-0.3, -0.25) is 4.79 Å². The fourth-order valence-electron chi connectivity index (χ4n) is 2.24. The topological polar surface area (TPSA) is 55.1 Å². The Kier molecular flexibility index (Phi) is 5.52. The van der Waals surface area contributed by atoms with Crippen LogP contribution in [0.2, 0.25) is 0 Å². The van der Waals surface area contributed by atoms with Crippen LogP contribution in [-0.4, -0.2) is 5.91 Å². The second kappa shape index (κ2) is 7.60. The third-order valence-corrected chi connectivity index (χ3v) is 3.58. The Hall–Kier alpha value is -2.13. The van der Waals surface area contributed by atoms with E-state index in [1.165, 1.54) is 5.56 Å². The highest BCUT2D eigenvalue weighted by Crippen LogP contribution is 2.13. The molecule has 0 aromatic heterocycles. The van der Waals surface area contributed by atoms with Crippen LogP contribution in [-0.2, 0) is 17.8 Å². The Labute approximate surface area is 126 Å². The number of nitrogens with one attached hydrogen (secondary N) is 1. The second-order valence-corrected chi connectivity index (χ2v) is 5.22. The zero-order valence-corrected chi connectivity index (χ0v) is 12.4. The van der Waals surface area contributed by atoms with E-state index in [0.29, 0.717) is 13.0 Å². The zero-order valence-electron chi connectivity index (χ0n) is 12.4. The first-order chi connectivity index (χ1) is 10.2. The van der Waals surface area contributed by atoms with E-state index in [1.807, 2.05) is 61.5 Å². The van der Waals surface area contributed by atoms with Crippen molar-refractivity contribution in [3.8, 4) is 0 Å². The van der Waals surface area contributed by atoms with E-state index in [4.69, 9.17) is 5.73 Å². The summed E-state index contributed by atoms with van der Waals surface area (Å²) in [5.74, 6) is 0.0780. The highest BCUT2D eigenvalue weighted by molar-refractivity contribution is 5.76. The van der Waals surface area contributed by atoms with E-state index < -0.39 is 0 Å². The van der Waals surface area contributed by atoms with E-state index in [9.17, 15) is 4.79 Å². The van der Waals surface area contributed by atoms with Gasteiger partial charge in [0.05, 0.1) is 6.04 Å². The molecule has 0 aliphatic carbocycles. The normalized spacial score (nSPS) is 11.9. The Morgan fingerprint density at radius 2 is 1.71 bits per heavy atom. The first kappa shape index (κ1) is 15.3. The van der Waals surface area contributed by atoms with Crippen LogP contribution in [0.1, 0.15) is 36.1 Å². The van der Waals surface area contributed by atoms with Crippen molar-refractivity contribution in [2.75, 3.05) is 0 Å². The molecule has 2 rings (SSSR count). The zero-order chi connectivity index (χ0) is 15.1. The number of amides is 1. The molecule has 1 amide bonds. The Balaban J connectivity index is 1.83. The fraction of sp³-hybridized carbons (Fsp3) is 0.278. The third kappa shape index (κ3) is 4.72. The molecule has 0 aliphatic rings. The molecule has 0 heterocycles. The molecule has 1 unspecified atom stereocenters. The van der Waals surface area contributed by atoms with Crippen molar-refractivity contribution in [2.24, 2.45) is 5.73 Å². The number of hydrogen-bond acceptors (Lipinski definition) is 2. The number of carbonyl (C=O) groups is 1. The van der Waals surface area contributed by atoms with Crippen molar-refractivity contribution < 1.29 is 4.79 Å². The highest BCUT2D eigenvalue weighted by atomic mass is 16.1. The summed E-state index contributed by atoms with van der Waals surface area (Å²) < 4.78 is 0. The van der Waals surface area contributed by atoms with Crippen LogP contribution in [0.15, 0.2) is 54.6 Å². The number of benzene rings is 2. The van der Waals surface area contributed by atoms with Crippen LogP contribution < -0.4 is 11.1 Å². The van der Waals surface area contributed by atoms with Gasteiger partial charge in [0.15, 0.2) is 0 Å². The summed E-state index contributed by atoms with van der Waals surface area (Å²) in [5, 5.41) is 3.03. The summed E-state index contributed by atoms with van der Waals surface area (Å²) in [4.78, 5) is 12.0. The number of aryl methyl sites for hydroxylation is 1. The van der Waals surface area contributed by atoms with Gasteiger partial charge in [-0.25, -0.2) is 0 Å². The summed E-state index contributed by atoms with van der Waals surface area (Å²) >= 11 is 0. The Morgan fingerprint density at radius 3 is 2.33 bits per heavy atom. The number of rotatable bonds is 6. The first-order valence-corrected chi connectivity index (χ1v) is 7.31. The van der Waals surface area contributed by atoms with Crippen LogP contribution in [0, 0.1) is 0 Å². The Bertz CT molecular complexity index is 564. The molecule has 0 bridgehead atoms. The number of hydrogen-bond donors (Lipinski definition) is 2. The SMILES string of the molecule is CC(NC(=O)CCc1ccccc1)c1ccc(CN)cc1. The van der Waals surface area contributed by atoms with E-state index in [1.54, 1.807) is 0 Å². The van der Waals surface area contributed by atoms with Gasteiger partial charge >= 0.3 is 0 Å². The average Bonchev–Trinajstić information content (AvgIpc) is 2.54. The van der Waals surface area contributed by atoms with Crippen molar-refractivity contribution in [1.82, 2.24) is 5.32 Å². The van der Waals surface area contributed by atoms with Gasteiger partial charge in [0.25, 0.3) is 0 Å². The third-order valence-electron chi connectivity index (χ3n) is 3.58. The van der Waals surface area contributed by atoms with Crippen molar-refractivity contribution in [3.05, 3.63) is 71.3 Å². The minimum atomic E-state index is 0.0140. The summed E-state index contributed by atoms with van der Waals surface area (Å²) in [6.45, 7) is 2.54. The molecule has 110 valence electrons. The average molecular weight is 282 g/mol. The van der Waals surface area contributed by atoms with Gasteiger partial charge in [0.1, 0.15) is 0 Å². The molecule has 21 heavy (non-hydrogen) atoms. The molecule has 0 saturated carbocycles. The summed E-state index contributed by atoms with van der Waals surface area (Å²) in [5.41, 5.74) is 8.97. The maximum Gasteiger partial charge on any atom is 0.220 e. The van der Waals surface area contributed by atoms with Gasteiger partial charge in [-0.2, -0.15) is 0 Å². The minimum Gasteiger partial charge on any atom is -0.350 e. The van der Waals surface area contributed by atoms with Gasteiger partial charge in [-0.15, -0.1) is 0 Å². The predicted molar refractivity (Wildman–Crippen MR) is 85.7 cm³/mol. The monoisotopic (exact) mass is 282 g/mol. The maximum absolute atomic E-state index is 12.0. The molecular formula is C18H22N2O. The molecule has 0 spiro atoms. The molecule has 2 aromatic carbocycles. The van der Waals surface area contributed by atoms with Gasteiger partial charge < -0.3 is 11.1 Å². The largest absolute Gasteiger partial charge is 0.350 e. The lowest BCUT2D eigenvalue weighted by molar-refractivity contribution is -0.121. The van der Waals surface area contributed by atoms with Crippen molar-refractivity contribution in [1.29, 1.82) is 0 Å². The van der Waals surface area contributed by atoms with E-state index in [2.05, 4.69) is 5.32 Å². The molecule has 3 heteroatoms. The molecule has 0 aliphatic heterocycles. The van der Waals surface area contributed by atoms with Crippen LogP contribution in [0.5, 0.6) is 0 Å². The molecule has 3 nitrogen and oxygen atoms in total. The smallest absolute Gasteiger partial charge is 0.220 e. The lowest BCUT2D eigenvalue weighted by atomic mass is 10.1. The van der Waals surface area contributed by atoms with E-state index in [0.717, 1.165) is 17.5 Å². The van der Waals surface area contributed by atoms with Crippen LogP contribution >= 0.6 is 0 Å². The lowest BCUT2D eigenvalue weighted by Gasteiger charge is -2.15. The van der Waals surface area contributed by atoms with Crippen LogP contribution in [0.3, 0.4) is 0 Å². The van der Waals surface area contributed by atoms with Gasteiger partial charge in [-0.1, -0.05) is 54.6 Å². The van der Waals surface area contributed by atoms with Crippen LogP contribution in [0.25, 0.3) is 0 Å². The quantitative estimate of drug-likeness (QED) is 0.856. The number of carbonyl (C=O) groups excluding carboxylic acids is 1. The van der Waals surface area contributed by atoms with Gasteiger partial charge in [0.2, 0.25) is 5.91 Å². The molecule has 0 saturated heterocycles. The summed E-state index contributed by atoms with van der Waals surface area (Å²) in [6, 6.07) is 18.1. The summed E-state index contributed by atoms with van der Waals surface area (Å²) in [6.07, 6.45) is 1.28. The van der Waals surface area contributed by atoms with Gasteiger partial charge in [-0.05, 0) is 30.0 Å². The van der Waals surface area contributed by atoms with E-state index >= 15 is 0 Å². The molecule has 0 radical (unpaired) electrons. The molecule has 0 fully saturated rings. The van der Waals surface area contributed by atoms with Gasteiger partial charge in [0, 0.05) is 13.0 Å². The highest BCUT2D eigenvalue weighted by Gasteiger charge is 2.09. The molecular weight excluding hydrogens is 260 g/mol.